The van der Waals surface area contributed by atoms with E-state index in [1.807, 2.05) is 11.0 Å². The normalized spacial score (nSPS) is 17.0. The smallest absolute Gasteiger partial charge is 0.227 e. The number of aromatic nitrogens is 2. The third-order valence-corrected chi connectivity index (χ3v) is 7.33. The van der Waals surface area contributed by atoms with E-state index in [0.29, 0.717) is 18.9 Å². The van der Waals surface area contributed by atoms with Gasteiger partial charge >= 0.3 is 0 Å². The minimum atomic E-state index is 0.0687. The molecule has 0 saturated carbocycles. The van der Waals surface area contributed by atoms with Gasteiger partial charge in [0.25, 0.3) is 0 Å². The van der Waals surface area contributed by atoms with Gasteiger partial charge in [0.15, 0.2) is 0 Å². The van der Waals surface area contributed by atoms with Crippen molar-refractivity contribution in [3.63, 3.8) is 0 Å². The number of carbonyl (C=O) groups is 1. The van der Waals surface area contributed by atoms with Gasteiger partial charge in [-0.15, -0.1) is 0 Å². The maximum Gasteiger partial charge on any atom is 0.227 e. The monoisotopic (exact) mass is 451 g/mol. The van der Waals surface area contributed by atoms with Crippen LogP contribution in [0.2, 0.25) is 0 Å². The van der Waals surface area contributed by atoms with Crippen molar-refractivity contribution >= 4 is 22.6 Å². The van der Waals surface area contributed by atoms with Crippen LogP contribution < -0.4 is 4.90 Å². The largest absolute Gasteiger partial charge is 0.323 e. The van der Waals surface area contributed by atoms with Crippen LogP contribution in [0.1, 0.15) is 66.6 Å². The lowest BCUT2D eigenvalue weighted by atomic mass is 9.97. The second kappa shape index (κ2) is 9.09. The fourth-order valence-corrected chi connectivity index (χ4v) is 5.07. The Kier molecular flexibility index (Phi) is 5.99. The Balaban J connectivity index is 1.49. The molecule has 4 nitrogen and oxygen atoms in total. The predicted octanol–water partition coefficient (Wildman–Crippen LogP) is 6.74. The molecule has 34 heavy (non-hydrogen) atoms. The van der Waals surface area contributed by atoms with Crippen LogP contribution in [0.5, 0.6) is 0 Å². The van der Waals surface area contributed by atoms with Crippen LogP contribution >= 0.6 is 0 Å². The Morgan fingerprint density at radius 1 is 1.03 bits per heavy atom. The van der Waals surface area contributed by atoms with E-state index in [2.05, 4.69) is 92.9 Å². The summed E-state index contributed by atoms with van der Waals surface area (Å²) >= 11 is 0. The number of fused-ring (bicyclic) bond motifs is 1. The molecule has 0 aliphatic carbocycles. The highest BCUT2D eigenvalue weighted by molar-refractivity contribution is 5.97. The van der Waals surface area contributed by atoms with Gasteiger partial charge in [-0.3, -0.25) is 4.79 Å². The summed E-state index contributed by atoms with van der Waals surface area (Å²) in [5, 5.41) is 0. The summed E-state index contributed by atoms with van der Waals surface area (Å²) in [5.74, 6) is 1.82. The number of carbonyl (C=O) groups excluding carboxylic acids is 1. The second-order valence-electron chi connectivity index (χ2n) is 9.79. The highest BCUT2D eigenvalue weighted by Crippen LogP contribution is 2.35. The van der Waals surface area contributed by atoms with Crippen molar-refractivity contribution in [2.45, 2.75) is 58.9 Å². The van der Waals surface area contributed by atoms with Crippen LogP contribution in [-0.2, 0) is 11.3 Å². The molecule has 2 unspecified atom stereocenters. The van der Waals surface area contributed by atoms with E-state index >= 15 is 0 Å². The number of benzene rings is 3. The first-order valence-corrected chi connectivity index (χ1v) is 12.4. The van der Waals surface area contributed by atoms with E-state index in [0.717, 1.165) is 41.1 Å². The number of nitrogens with zero attached hydrogens (tertiary/aromatic N) is 3. The minimum absolute atomic E-state index is 0.0687. The van der Waals surface area contributed by atoms with Gasteiger partial charge in [-0.2, -0.15) is 0 Å². The van der Waals surface area contributed by atoms with Crippen molar-refractivity contribution in [2.75, 3.05) is 11.4 Å². The number of rotatable bonds is 6. The summed E-state index contributed by atoms with van der Waals surface area (Å²) < 4.78 is 2.32. The molecule has 4 heteroatoms. The van der Waals surface area contributed by atoms with E-state index in [4.69, 9.17) is 4.98 Å². The topological polar surface area (TPSA) is 38.1 Å². The van der Waals surface area contributed by atoms with E-state index < -0.39 is 0 Å². The van der Waals surface area contributed by atoms with Crippen LogP contribution in [-0.4, -0.2) is 22.0 Å². The van der Waals surface area contributed by atoms with Crippen molar-refractivity contribution in [1.82, 2.24) is 9.55 Å². The Hall–Kier alpha value is -3.40. The predicted molar refractivity (Wildman–Crippen MR) is 140 cm³/mol. The average molecular weight is 452 g/mol. The lowest BCUT2D eigenvalue weighted by molar-refractivity contribution is -0.117. The van der Waals surface area contributed by atoms with E-state index in [9.17, 15) is 4.79 Å². The van der Waals surface area contributed by atoms with Gasteiger partial charge in [0.05, 0.1) is 11.0 Å². The second-order valence-corrected chi connectivity index (χ2v) is 9.79. The fraction of sp³-hybridized carbons (Fsp3) is 0.333. The van der Waals surface area contributed by atoms with E-state index in [-0.39, 0.29) is 11.8 Å². The average Bonchev–Trinajstić information content (AvgIpc) is 3.41. The number of imidazole rings is 1. The molecule has 0 radical (unpaired) electrons. The first-order chi connectivity index (χ1) is 16.4. The van der Waals surface area contributed by atoms with Crippen molar-refractivity contribution in [3.8, 4) is 0 Å². The summed E-state index contributed by atoms with van der Waals surface area (Å²) in [4.78, 5) is 20.1. The van der Waals surface area contributed by atoms with Gasteiger partial charge in [0, 0.05) is 31.1 Å². The third-order valence-electron chi connectivity index (χ3n) is 7.33. The minimum Gasteiger partial charge on any atom is -0.323 e. The number of hydrogen-bond acceptors (Lipinski definition) is 2. The Bertz CT molecular complexity index is 1340. The molecule has 1 aliphatic heterocycles. The van der Waals surface area contributed by atoms with Gasteiger partial charge in [-0.05, 0) is 66.6 Å². The zero-order valence-corrected chi connectivity index (χ0v) is 20.6. The molecule has 3 aromatic carbocycles. The van der Waals surface area contributed by atoms with Gasteiger partial charge in [-0.25, -0.2) is 4.98 Å². The molecule has 1 aromatic heterocycles. The Morgan fingerprint density at radius 3 is 2.56 bits per heavy atom. The molecule has 1 amide bonds. The molecule has 174 valence electrons. The number of para-hydroxylation sites is 2. The first-order valence-electron chi connectivity index (χ1n) is 12.4. The Morgan fingerprint density at radius 2 is 1.79 bits per heavy atom. The van der Waals surface area contributed by atoms with Crippen molar-refractivity contribution < 1.29 is 4.79 Å². The maximum absolute atomic E-state index is 13.1. The van der Waals surface area contributed by atoms with Crippen molar-refractivity contribution in [2.24, 2.45) is 0 Å². The molecule has 4 aromatic rings. The number of anilines is 1. The third kappa shape index (κ3) is 4.13. The molecule has 0 bridgehead atoms. The number of hydrogen-bond donors (Lipinski definition) is 0. The van der Waals surface area contributed by atoms with Crippen LogP contribution in [0.25, 0.3) is 11.0 Å². The fourth-order valence-electron chi connectivity index (χ4n) is 5.07. The molecule has 2 atom stereocenters. The maximum atomic E-state index is 13.1. The van der Waals surface area contributed by atoms with Crippen LogP contribution in [0.4, 0.5) is 5.69 Å². The van der Waals surface area contributed by atoms with Crippen LogP contribution in [0.15, 0.2) is 66.7 Å². The summed E-state index contributed by atoms with van der Waals surface area (Å²) in [6.45, 7) is 10.1. The Labute approximate surface area is 202 Å². The summed E-state index contributed by atoms with van der Waals surface area (Å²) in [7, 11) is 0. The first kappa shape index (κ1) is 22.4. The quantitative estimate of drug-likeness (QED) is 0.326. The standard InChI is InChI=1S/C30H33N3O/c1-5-21(3)24-14-12-23(13-15-24)18-33-27-9-7-6-8-26(27)31-30(33)25-17-29(34)32(19-25)28-16-20(2)10-11-22(28)4/h6-16,21,25H,5,17-19H2,1-4H3. The summed E-state index contributed by atoms with van der Waals surface area (Å²) in [6.07, 6.45) is 1.63. The van der Waals surface area contributed by atoms with Crippen molar-refractivity contribution in [1.29, 1.82) is 0 Å². The lowest BCUT2D eigenvalue weighted by Gasteiger charge is -2.20. The highest BCUT2D eigenvalue weighted by atomic mass is 16.2. The zero-order chi connectivity index (χ0) is 23.8. The van der Waals surface area contributed by atoms with Gasteiger partial charge in [-0.1, -0.05) is 62.4 Å². The zero-order valence-electron chi connectivity index (χ0n) is 20.6. The molecule has 1 fully saturated rings. The molecule has 1 saturated heterocycles. The van der Waals surface area contributed by atoms with Crippen LogP contribution in [0.3, 0.4) is 0 Å². The van der Waals surface area contributed by atoms with Gasteiger partial charge < -0.3 is 9.47 Å². The SMILES string of the molecule is CCC(C)c1ccc(Cn2c(C3CC(=O)N(c4cc(C)ccc4C)C3)nc3ccccc32)cc1. The number of aryl methyl sites for hydroxylation is 2. The molecule has 0 N–H and O–H groups in total. The molecule has 0 spiro atoms. The molecule has 1 aliphatic rings. The lowest BCUT2D eigenvalue weighted by Crippen LogP contribution is -2.25. The van der Waals surface area contributed by atoms with E-state index in [1.165, 1.54) is 16.7 Å². The summed E-state index contributed by atoms with van der Waals surface area (Å²) in [6, 6.07) is 23.6. The molecular weight excluding hydrogens is 418 g/mol. The highest BCUT2D eigenvalue weighted by Gasteiger charge is 2.35. The molecule has 5 rings (SSSR count). The number of amides is 1. The van der Waals surface area contributed by atoms with Crippen molar-refractivity contribution in [3.05, 3.63) is 94.8 Å². The molecular formula is C30H33N3O. The van der Waals surface area contributed by atoms with Crippen LogP contribution in [0, 0.1) is 13.8 Å². The molecule has 2 heterocycles. The van der Waals surface area contributed by atoms with Gasteiger partial charge in [0.1, 0.15) is 5.82 Å². The summed E-state index contributed by atoms with van der Waals surface area (Å²) in [5.41, 5.74) is 8.09. The van der Waals surface area contributed by atoms with E-state index in [1.54, 1.807) is 0 Å². The van der Waals surface area contributed by atoms with Gasteiger partial charge in [0.2, 0.25) is 5.91 Å².